The fraction of sp³-hybridized carbons (Fsp3) is 0.333. The van der Waals surface area contributed by atoms with Crippen molar-refractivity contribution in [2.75, 3.05) is 25.9 Å². The maximum absolute atomic E-state index is 12.5. The van der Waals surface area contributed by atoms with E-state index in [4.69, 9.17) is 11.5 Å². The minimum atomic E-state index is -4.07. The smallest absolute Gasteiger partial charge is 0.339 e. The number of sulfonamides is 1. The van der Waals surface area contributed by atoms with E-state index in [1.54, 1.807) is 6.92 Å². The van der Waals surface area contributed by atoms with Gasteiger partial charge in [0, 0.05) is 12.2 Å². The van der Waals surface area contributed by atoms with Gasteiger partial charge in [-0.25, -0.2) is 13.2 Å². The van der Waals surface area contributed by atoms with E-state index in [0.717, 1.165) is 11.4 Å². The number of hydrogen-bond donors (Lipinski definition) is 2. The lowest BCUT2D eigenvalue weighted by molar-refractivity contribution is -0.118. The van der Waals surface area contributed by atoms with Gasteiger partial charge in [0.25, 0.3) is 0 Å². The van der Waals surface area contributed by atoms with Crippen molar-refractivity contribution >= 4 is 27.6 Å². The molecule has 8 nitrogen and oxygen atoms in total. The van der Waals surface area contributed by atoms with Gasteiger partial charge in [-0.05, 0) is 18.2 Å². The number of carbonyl (C=O) groups is 2. The highest BCUT2D eigenvalue weighted by Crippen LogP contribution is 2.23. The summed E-state index contributed by atoms with van der Waals surface area (Å²) in [6.07, 6.45) is 0. The molecule has 0 aliphatic rings. The number of ether oxygens (including phenoxy) is 1. The molecule has 0 bridgehead atoms. The van der Waals surface area contributed by atoms with E-state index < -0.39 is 28.4 Å². The number of carbonyl (C=O) groups excluding carboxylic acids is 2. The molecular weight excluding hydrogens is 298 g/mol. The fourth-order valence-electron chi connectivity index (χ4n) is 1.72. The molecule has 1 aromatic carbocycles. The average Bonchev–Trinajstić information content (AvgIpc) is 2.42. The molecule has 0 heterocycles. The predicted octanol–water partition coefficient (Wildman–Crippen LogP) is -0.449. The molecule has 0 aliphatic heterocycles. The van der Waals surface area contributed by atoms with Gasteiger partial charge in [0.15, 0.2) is 0 Å². The number of methoxy groups -OCH3 is 1. The second-order valence-corrected chi connectivity index (χ2v) is 6.05. The molecular formula is C12H17N3O5S. The normalized spacial score (nSPS) is 11.4. The molecule has 0 radical (unpaired) electrons. The van der Waals surface area contributed by atoms with E-state index >= 15 is 0 Å². The largest absolute Gasteiger partial charge is 0.465 e. The van der Waals surface area contributed by atoms with Crippen molar-refractivity contribution in [3.63, 3.8) is 0 Å². The molecule has 4 N–H and O–H groups in total. The monoisotopic (exact) mass is 315 g/mol. The fourth-order valence-corrected chi connectivity index (χ4v) is 3.30. The maximum Gasteiger partial charge on any atom is 0.339 e. The Bertz CT molecular complexity index is 657. The van der Waals surface area contributed by atoms with Crippen molar-refractivity contribution < 1.29 is 22.7 Å². The van der Waals surface area contributed by atoms with E-state index in [1.165, 1.54) is 18.2 Å². The first-order valence-electron chi connectivity index (χ1n) is 6.00. The van der Waals surface area contributed by atoms with Gasteiger partial charge in [-0.2, -0.15) is 4.31 Å². The topological polar surface area (TPSA) is 133 Å². The van der Waals surface area contributed by atoms with Gasteiger partial charge in [0.05, 0.1) is 24.1 Å². The van der Waals surface area contributed by atoms with Gasteiger partial charge in [-0.3, -0.25) is 4.79 Å². The van der Waals surface area contributed by atoms with Gasteiger partial charge in [-0.15, -0.1) is 0 Å². The van der Waals surface area contributed by atoms with Crippen LogP contribution in [0.4, 0.5) is 5.69 Å². The summed E-state index contributed by atoms with van der Waals surface area (Å²) >= 11 is 0. The van der Waals surface area contributed by atoms with Crippen LogP contribution in [0.1, 0.15) is 17.3 Å². The van der Waals surface area contributed by atoms with Crippen LogP contribution in [-0.2, 0) is 19.6 Å². The molecule has 1 amide bonds. The molecule has 0 saturated carbocycles. The highest BCUT2D eigenvalue weighted by molar-refractivity contribution is 7.89. The van der Waals surface area contributed by atoms with Crippen LogP contribution in [0.5, 0.6) is 0 Å². The zero-order valence-electron chi connectivity index (χ0n) is 11.7. The third-order valence-corrected chi connectivity index (χ3v) is 4.69. The average molecular weight is 315 g/mol. The van der Waals surface area contributed by atoms with E-state index in [2.05, 4.69) is 4.74 Å². The number of benzene rings is 1. The van der Waals surface area contributed by atoms with E-state index in [0.29, 0.717) is 0 Å². The van der Waals surface area contributed by atoms with Gasteiger partial charge >= 0.3 is 5.97 Å². The SMILES string of the molecule is CCN(CC(N)=O)S(=O)(=O)c1ccc(N)cc1C(=O)OC. The van der Waals surface area contributed by atoms with Crippen LogP contribution >= 0.6 is 0 Å². The van der Waals surface area contributed by atoms with Crippen molar-refractivity contribution in [2.45, 2.75) is 11.8 Å². The lowest BCUT2D eigenvalue weighted by atomic mass is 10.2. The minimum Gasteiger partial charge on any atom is -0.465 e. The molecule has 0 spiro atoms. The Morgan fingerprint density at radius 3 is 2.43 bits per heavy atom. The van der Waals surface area contributed by atoms with Gasteiger partial charge in [0.1, 0.15) is 0 Å². The Hall–Kier alpha value is -2.13. The molecule has 0 unspecified atom stereocenters. The highest BCUT2D eigenvalue weighted by atomic mass is 32.2. The Morgan fingerprint density at radius 1 is 1.33 bits per heavy atom. The van der Waals surface area contributed by atoms with Crippen LogP contribution in [0.2, 0.25) is 0 Å². The summed E-state index contributed by atoms with van der Waals surface area (Å²) in [5.74, 6) is -1.63. The number of nitrogens with two attached hydrogens (primary N) is 2. The molecule has 0 atom stereocenters. The number of nitrogens with zero attached hydrogens (tertiary/aromatic N) is 1. The Labute approximate surface area is 122 Å². The maximum atomic E-state index is 12.5. The molecule has 9 heteroatoms. The summed E-state index contributed by atoms with van der Waals surface area (Å²) in [5, 5.41) is 0. The number of rotatable bonds is 6. The molecule has 0 fully saturated rings. The molecule has 0 aliphatic carbocycles. The number of primary amides is 1. The van der Waals surface area contributed by atoms with Crippen LogP contribution in [0.3, 0.4) is 0 Å². The van der Waals surface area contributed by atoms with Gasteiger partial charge < -0.3 is 16.2 Å². The number of nitrogen functional groups attached to an aromatic ring is 1. The molecule has 0 aromatic heterocycles. The number of anilines is 1. The number of hydrogen-bond acceptors (Lipinski definition) is 6. The summed E-state index contributed by atoms with van der Waals surface area (Å²) in [5.41, 5.74) is 10.6. The van der Waals surface area contributed by atoms with Crippen molar-refractivity contribution in [1.29, 1.82) is 0 Å². The first-order valence-corrected chi connectivity index (χ1v) is 7.44. The highest BCUT2D eigenvalue weighted by Gasteiger charge is 2.29. The molecule has 116 valence electrons. The Morgan fingerprint density at radius 2 is 1.95 bits per heavy atom. The lowest BCUT2D eigenvalue weighted by Crippen LogP contribution is -2.38. The second kappa shape index (κ2) is 6.55. The third-order valence-electron chi connectivity index (χ3n) is 2.71. The van der Waals surface area contributed by atoms with Crippen LogP contribution in [0, 0.1) is 0 Å². The summed E-state index contributed by atoms with van der Waals surface area (Å²) in [7, 11) is -2.94. The third kappa shape index (κ3) is 3.70. The summed E-state index contributed by atoms with van der Waals surface area (Å²) in [6, 6.07) is 3.74. The molecule has 1 rings (SSSR count). The zero-order chi connectivity index (χ0) is 16.2. The first-order chi connectivity index (χ1) is 9.73. The number of likely N-dealkylation sites (N-methyl/N-ethyl adjacent to an activating group) is 1. The second-order valence-electron chi connectivity index (χ2n) is 4.14. The van der Waals surface area contributed by atoms with Gasteiger partial charge in [0.2, 0.25) is 15.9 Å². The molecule has 21 heavy (non-hydrogen) atoms. The zero-order valence-corrected chi connectivity index (χ0v) is 12.5. The number of esters is 1. The summed E-state index contributed by atoms with van der Waals surface area (Å²) < 4.78 is 30.5. The standard InChI is InChI=1S/C12H17N3O5S/c1-3-15(7-11(14)16)21(18,19)10-5-4-8(13)6-9(10)12(17)20-2/h4-6H,3,7,13H2,1-2H3,(H2,14,16). The van der Waals surface area contributed by atoms with Crippen molar-refractivity contribution in [3.05, 3.63) is 23.8 Å². The van der Waals surface area contributed by atoms with Crippen LogP contribution < -0.4 is 11.5 Å². The Balaban J connectivity index is 3.43. The summed E-state index contributed by atoms with van der Waals surface area (Å²) in [4.78, 5) is 22.4. The van der Waals surface area contributed by atoms with Crippen LogP contribution in [-0.4, -0.2) is 44.8 Å². The van der Waals surface area contributed by atoms with Crippen molar-refractivity contribution in [3.8, 4) is 0 Å². The molecule has 1 aromatic rings. The van der Waals surface area contributed by atoms with Crippen LogP contribution in [0.25, 0.3) is 0 Å². The Kier molecular flexibility index (Phi) is 5.28. The van der Waals surface area contributed by atoms with E-state index in [1.807, 2.05) is 0 Å². The van der Waals surface area contributed by atoms with Gasteiger partial charge in [-0.1, -0.05) is 6.92 Å². The number of amides is 1. The summed E-state index contributed by atoms with van der Waals surface area (Å²) in [6.45, 7) is 1.09. The van der Waals surface area contributed by atoms with Crippen LogP contribution in [0.15, 0.2) is 23.1 Å². The van der Waals surface area contributed by atoms with Crippen molar-refractivity contribution in [2.24, 2.45) is 5.73 Å². The minimum absolute atomic E-state index is 0.0241. The lowest BCUT2D eigenvalue weighted by Gasteiger charge is -2.20. The van der Waals surface area contributed by atoms with Crippen molar-refractivity contribution in [1.82, 2.24) is 4.31 Å². The van der Waals surface area contributed by atoms with E-state index in [9.17, 15) is 18.0 Å². The molecule has 0 saturated heterocycles. The first kappa shape index (κ1) is 16.9. The predicted molar refractivity (Wildman–Crippen MR) is 75.8 cm³/mol. The van der Waals surface area contributed by atoms with E-state index in [-0.39, 0.29) is 22.7 Å². The quantitative estimate of drug-likeness (QED) is 0.539.